The molecule has 0 atom stereocenters. The van der Waals surface area contributed by atoms with Crippen LogP contribution in [0.15, 0.2) is 23.3 Å². The minimum absolute atomic E-state index is 0.0694. The minimum Gasteiger partial charge on any atom is -0.370 e. The first-order valence-corrected chi connectivity index (χ1v) is 3.35. The largest absolute Gasteiger partial charge is 0.370 e. The SMILES string of the molecule is NC(N)=NCc1ncccc1F. The Labute approximate surface area is 69.1 Å². The molecule has 64 valence electrons. The maximum Gasteiger partial charge on any atom is 0.186 e. The summed E-state index contributed by atoms with van der Waals surface area (Å²) in [6.07, 6.45) is 1.49. The molecular formula is C7H9FN4. The van der Waals surface area contributed by atoms with Crippen molar-refractivity contribution in [3.05, 3.63) is 29.8 Å². The number of nitrogens with zero attached hydrogens (tertiary/aromatic N) is 2. The van der Waals surface area contributed by atoms with Crippen LogP contribution in [0.5, 0.6) is 0 Å². The van der Waals surface area contributed by atoms with Crippen LogP contribution in [0.4, 0.5) is 4.39 Å². The van der Waals surface area contributed by atoms with Crippen LogP contribution in [0.1, 0.15) is 5.69 Å². The van der Waals surface area contributed by atoms with Crippen molar-refractivity contribution in [1.82, 2.24) is 4.98 Å². The Morgan fingerprint density at radius 1 is 1.58 bits per heavy atom. The highest BCUT2D eigenvalue weighted by molar-refractivity contribution is 5.75. The molecule has 0 radical (unpaired) electrons. The molecule has 0 spiro atoms. The second kappa shape index (κ2) is 3.66. The highest BCUT2D eigenvalue weighted by Gasteiger charge is 1.99. The summed E-state index contributed by atoms with van der Waals surface area (Å²) in [6, 6.07) is 2.82. The van der Waals surface area contributed by atoms with Gasteiger partial charge in [-0.25, -0.2) is 9.38 Å². The summed E-state index contributed by atoms with van der Waals surface area (Å²) in [5.41, 5.74) is 10.4. The van der Waals surface area contributed by atoms with Crippen molar-refractivity contribution in [2.45, 2.75) is 6.54 Å². The highest BCUT2D eigenvalue weighted by atomic mass is 19.1. The number of rotatable bonds is 2. The Kier molecular flexibility index (Phi) is 2.57. The van der Waals surface area contributed by atoms with Crippen molar-refractivity contribution in [3.8, 4) is 0 Å². The van der Waals surface area contributed by atoms with Crippen LogP contribution in [0.2, 0.25) is 0 Å². The number of aliphatic imine (C=N–C) groups is 1. The lowest BCUT2D eigenvalue weighted by molar-refractivity contribution is 0.600. The summed E-state index contributed by atoms with van der Waals surface area (Å²) in [5, 5.41) is 0. The summed E-state index contributed by atoms with van der Waals surface area (Å²) < 4.78 is 12.8. The van der Waals surface area contributed by atoms with Gasteiger partial charge in [-0.1, -0.05) is 0 Å². The average Bonchev–Trinajstić information content (AvgIpc) is 2.03. The van der Waals surface area contributed by atoms with E-state index in [0.29, 0.717) is 0 Å². The molecule has 0 aliphatic carbocycles. The normalized spacial score (nSPS) is 9.42. The Balaban J connectivity index is 2.76. The first-order valence-electron chi connectivity index (χ1n) is 3.35. The molecule has 1 aromatic rings. The average molecular weight is 168 g/mol. The predicted octanol–water partition coefficient (Wildman–Crippen LogP) is -0.00590. The van der Waals surface area contributed by atoms with E-state index in [2.05, 4.69) is 9.98 Å². The molecule has 4 N–H and O–H groups in total. The number of aromatic nitrogens is 1. The smallest absolute Gasteiger partial charge is 0.186 e. The van der Waals surface area contributed by atoms with Gasteiger partial charge in [-0.2, -0.15) is 0 Å². The Morgan fingerprint density at radius 2 is 2.33 bits per heavy atom. The van der Waals surface area contributed by atoms with Gasteiger partial charge in [0.05, 0.1) is 12.2 Å². The van der Waals surface area contributed by atoms with E-state index >= 15 is 0 Å². The number of halogens is 1. The monoisotopic (exact) mass is 168 g/mol. The Morgan fingerprint density at radius 3 is 2.92 bits per heavy atom. The summed E-state index contributed by atoms with van der Waals surface area (Å²) in [5.74, 6) is -0.470. The van der Waals surface area contributed by atoms with Gasteiger partial charge in [-0.05, 0) is 12.1 Å². The van der Waals surface area contributed by atoms with Crippen molar-refractivity contribution >= 4 is 5.96 Å². The summed E-state index contributed by atoms with van der Waals surface area (Å²) in [4.78, 5) is 7.38. The van der Waals surface area contributed by atoms with Gasteiger partial charge < -0.3 is 11.5 Å². The lowest BCUT2D eigenvalue weighted by Gasteiger charge is -1.96. The molecule has 0 aromatic carbocycles. The Hall–Kier alpha value is -1.65. The van der Waals surface area contributed by atoms with Crippen LogP contribution in [0.3, 0.4) is 0 Å². The van der Waals surface area contributed by atoms with Crippen LogP contribution >= 0.6 is 0 Å². The van der Waals surface area contributed by atoms with Crippen molar-refractivity contribution in [2.24, 2.45) is 16.5 Å². The quantitative estimate of drug-likeness (QED) is 0.481. The molecule has 0 saturated carbocycles. The molecule has 1 rings (SSSR count). The van der Waals surface area contributed by atoms with Crippen LogP contribution in [0.25, 0.3) is 0 Å². The van der Waals surface area contributed by atoms with Crippen molar-refractivity contribution in [3.63, 3.8) is 0 Å². The second-order valence-electron chi connectivity index (χ2n) is 2.17. The van der Waals surface area contributed by atoms with Gasteiger partial charge in [-0.15, -0.1) is 0 Å². The topological polar surface area (TPSA) is 77.3 Å². The van der Waals surface area contributed by atoms with E-state index in [1.165, 1.54) is 18.3 Å². The third kappa shape index (κ3) is 2.19. The maximum absolute atomic E-state index is 12.8. The fraction of sp³-hybridized carbons (Fsp3) is 0.143. The number of nitrogens with two attached hydrogens (primary N) is 2. The molecule has 5 heteroatoms. The first-order chi connectivity index (χ1) is 5.70. The molecule has 0 amide bonds. The molecule has 0 fully saturated rings. The summed E-state index contributed by atoms with van der Waals surface area (Å²) >= 11 is 0. The fourth-order valence-electron chi connectivity index (χ4n) is 0.701. The molecule has 12 heavy (non-hydrogen) atoms. The Bertz CT molecular complexity index is 293. The first kappa shape index (κ1) is 8.45. The van der Waals surface area contributed by atoms with E-state index in [9.17, 15) is 4.39 Å². The molecule has 0 saturated heterocycles. The summed E-state index contributed by atoms with van der Waals surface area (Å²) in [7, 11) is 0. The van der Waals surface area contributed by atoms with E-state index < -0.39 is 5.82 Å². The van der Waals surface area contributed by atoms with Crippen molar-refractivity contribution in [1.29, 1.82) is 0 Å². The fourth-order valence-corrected chi connectivity index (χ4v) is 0.701. The zero-order valence-electron chi connectivity index (χ0n) is 6.37. The van der Waals surface area contributed by atoms with Crippen LogP contribution in [0, 0.1) is 5.82 Å². The zero-order chi connectivity index (χ0) is 8.97. The van der Waals surface area contributed by atoms with Gasteiger partial charge in [0.15, 0.2) is 5.96 Å². The molecule has 0 unspecified atom stereocenters. The predicted molar refractivity (Wildman–Crippen MR) is 43.7 cm³/mol. The van der Waals surface area contributed by atoms with E-state index in [1.807, 2.05) is 0 Å². The van der Waals surface area contributed by atoms with Gasteiger partial charge in [0.2, 0.25) is 0 Å². The molecule has 1 heterocycles. The van der Waals surface area contributed by atoms with Gasteiger partial charge in [0, 0.05) is 6.20 Å². The van der Waals surface area contributed by atoms with E-state index in [0.717, 1.165) is 0 Å². The minimum atomic E-state index is -0.400. The second-order valence-corrected chi connectivity index (χ2v) is 2.17. The van der Waals surface area contributed by atoms with Crippen molar-refractivity contribution in [2.75, 3.05) is 0 Å². The molecular weight excluding hydrogens is 159 g/mol. The van der Waals surface area contributed by atoms with Crippen LogP contribution in [-0.4, -0.2) is 10.9 Å². The van der Waals surface area contributed by atoms with Crippen LogP contribution < -0.4 is 11.5 Å². The van der Waals surface area contributed by atoms with Gasteiger partial charge in [0.25, 0.3) is 0 Å². The number of guanidine groups is 1. The summed E-state index contributed by atoms with van der Waals surface area (Å²) in [6.45, 7) is 0.0784. The van der Waals surface area contributed by atoms with E-state index in [-0.39, 0.29) is 18.2 Å². The molecule has 0 aliphatic rings. The van der Waals surface area contributed by atoms with Crippen LogP contribution in [-0.2, 0) is 6.54 Å². The van der Waals surface area contributed by atoms with Gasteiger partial charge >= 0.3 is 0 Å². The number of pyridine rings is 1. The lowest BCUT2D eigenvalue weighted by atomic mass is 10.3. The number of hydrogen-bond donors (Lipinski definition) is 2. The van der Waals surface area contributed by atoms with Crippen molar-refractivity contribution < 1.29 is 4.39 Å². The van der Waals surface area contributed by atoms with E-state index in [4.69, 9.17) is 11.5 Å². The molecule has 1 aromatic heterocycles. The maximum atomic E-state index is 12.8. The molecule has 0 aliphatic heterocycles. The van der Waals surface area contributed by atoms with Gasteiger partial charge in [0.1, 0.15) is 5.82 Å². The molecule has 4 nitrogen and oxygen atoms in total. The third-order valence-corrected chi connectivity index (χ3v) is 1.25. The molecule has 0 bridgehead atoms. The lowest BCUT2D eigenvalue weighted by Crippen LogP contribution is -2.22. The zero-order valence-corrected chi connectivity index (χ0v) is 6.37. The van der Waals surface area contributed by atoms with E-state index in [1.54, 1.807) is 0 Å². The van der Waals surface area contributed by atoms with Gasteiger partial charge in [-0.3, -0.25) is 4.98 Å². The third-order valence-electron chi connectivity index (χ3n) is 1.25. The highest BCUT2D eigenvalue weighted by Crippen LogP contribution is 2.02. The number of hydrogen-bond acceptors (Lipinski definition) is 2. The standard InChI is InChI=1S/C7H9FN4/c8-5-2-1-3-11-6(5)4-12-7(9)10/h1-3H,4H2,(H4,9,10,12).